The van der Waals surface area contributed by atoms with Gasteiger partial charge in [-0.1, -0.05) is 37.6 Å². The Kier molecular flexibility index (Phi) is 5.75. The molecule has 3 aromatic rings. The third-order valence-electron chi connectivity index (χ3n) is 4.09. The van der Waals surface area contributed by atoms with Crippen molar-refractivity contribution < 1.29 is 9.18 Å². The predicted molar refractivity (Wildman–Crippen MR) is 108 cm³/mol. The minimum atomic E-state index is -0.694. The predicted octanol–water partition coefficient (Wildman–Crippen LogP) is 4.79. The smallest absolute Gasteiger partial charge is 0.308 e. The minimum absolute atomic E-state index is 0.122. The summed E-state index contributed by atoms with van der Waals surface area (Å²) in [6, 6.07) is 10.6. The van der Waals surface area contributed by atoms with Crippen molar-refractivity contribution in [3.63, 3.8) is 0 Å². The summed E-state index contributed by atoms with van der Waals surface area (Å²) in [4.78, 5) is 28.7. The van der Waals surface area contributed by atoms with Crippen molar-refractivity contribution >= 4 is 29.1 Å². The van der Waals surface area contributed by atoms with Crippen LogP contribution in [0.3, 0.4) is 0 Å². The molecule has 2 amide bonds. The van der Waals surface area contributed by atoms with Gasteiger partial charge in [0, 0.05) is 23.8 Å². The van der Waals surface area contributed by atoms with E-state index in [0.29, 0.717) is 11.6 Å². The fourth-order valence-corrected chi connectivity index (χ4v) is 2.74. The average molecular weight is 401 g/mol. The van der Waals surface area contributed by atoms with E-state index in [4.69, 9.17) is 11.6 Å². The molecular weight excluding hydrogens is 383 g/mol. The van der Waals surface area contributed by atoms with Crippen LogP contribution in [0.25, 0.3) is 5.69 Å². The fraction of sp³-hybridized carbons (Fsp3) is 0.150. The quantitative estimate of drug-likeness (QED) is 0.661. The van der Waals surface area contributed by atoms with Crippen LogP contribution in [0.1, 0.15) is 25.3 Å². The van der Waals surface area contributed by atoms with Crippen LogP contribution in [0.2, 0.25) is 5.02 Å². The molecule has 0 aliphatic heterocycles. The zero-order valence-corrected chi connectivity index (χ0v) is 16.0. The van der Waals surface area contributed by atoms with Crippen LogP contribution in [0, 0.1) is 5.82 Å². The molecule has 0 aliphatic carbocycles. The highest BCUT2D eigenvalue weighted by Gasteiger charge is 2.11. The van der Waals surface area contributed by atoms with Crippen LogP contribution in [-0.4, -0.2) is 15.6 Å². The summed E-state index contributed by atoms with van der Waals surface area (Å²) in [5.41, 5.74) is 1.61. The first-order valence-corrected chi connectivity index (χ1v) is 8.94. The topological polar surface area (TPSA) is 76.0 Å². The van der Waals surface area contributed by atoms with Gasteiger partial charge < -0.3 is 5.32 Å². The van der Waals surface area contributed by atoms with Crippen molar-refractivity contribution in [3.8, 4) is 5.69 Å². The normalized spacial score (nSPS) is 10.8. The number of hydrogen-bond acceptors (Lipinski definition) is 3. The molecule has 0 radical (unpaired) electrons. The molecule has 0 aliphatic rings. The van der Waals surface area contributed by atoms with Crippen molar-refractivity contribution in [2.75, 3.05) is 10.6 Å². The summed E-state index contributed by atoms with van der Waals surface area (Å²) in [6.07, 6.45) is 2.94. The standard InChI is InChI=1S/C20H18ClFN4O2/c1-12(2)13-3-6-15(7-4-13)26-10-9-23-18(19(26)27)25-20(28)24-14-5-8-17(22)16(21)11-14/h3-12H,1-2H3,(H2,23,24,25,28). The van der Waals surface area contributed by atoms with Crippen LogP contribution in [0.15, 0.2) is 59.7 Å². The van der Waals surface area contributed by atoms with E-state index in [9.17, 15) is 14.0 Å². The lowest BCUT2D eigenvalue weighted by Gasteiger charge is -2.11. The van der Waals surface area contributed by atoms with E-state index in [1.165, 1.54) is 29.1 Å². The number of carbonyl (C=O) groups is 1. The molecule has 1 heterocycles. The summed E-state index contributed by atoms with van der Waals surface area (Å²) in [5.74, 6) is -0.353. The summed E-state index contributed by atoms with van der Waals surface area (Å²) >= 11 is 5.69. The second kappa shape index (κ2) is 8.22. The molecule has 0 fully saturated rings. The molecule has 0 saturated heterocycles. The summed E-state index contributed by atoms with van der Waals surface area (Å²) < 4.78 is 14.6. The van der Waals surface area contributed by atoms with Gasteiger partial charge in [0.25, 0.3) is 5.56 Å². The second-order valence-corrected chi connectivity index (χ2v) is 6.81. The Bertz CT molecular complexity index is 1060. The Balaban J connectivity index is 1.79. The fourth-order valence-electron chi connectivity index (χ4n) is 2.56. The van der Waals surface area contributed by atoms with Crippen molar-refractivity contribution in [2.45, 2.75) is 19.8 Å². The number of halogens is 2. The number of benzene rings is 2. The third kappa shape index (κ3) is 4.37. The number of anilines is 2. The molecule has 0 bridgehead atoms. The maximum atomic E-state index is 13.2. The van der Waals surface area contributed by atoms with E-state index < -0.39 is 17.4 Å². The highest BCUT2D eigenvalue weighted by atomic mass is 35.5. The second-order valence-electron chi connectivity index (χ2n) is 6.41. The van der Waals surface area contributed by atoms with Crippen LogP contribution in [0.5, 0.6) is 0 Å². The molecule has 2 N–H and O–H groups in total. The maximum Gasteiger partial charge on any atom is 0.325 e. The van der Waals surface area contributed by atoms with E-state index in [1.54, 1.807) is 0 Å². The van der Waals surface area contributed by atoms with Crippen LogP contribution in [0.4, 0.5) is 20.7 Å². The molecule has 6 nitrogen and oxygen atoms in total. The SMILES string of the molecule is CC(C)c1ccc(-n2ccnc(NC(=O)Nc3ccc(F)c(Cl)c3)c2=O)cc1. The van der Waals surface area contributed by atoms with Gasteiger partial charge in [-0.3, -0.25) is 14.7 Å². The molecule has 0 unspecified atom stereocenters. The number of nitrogens with zero attached hydrogens (tertiary/aromatic N) is 2. The molecule has 3 rings (SSSR count). The molecule has 2 aromatic carbocycles. The third-order valence-corrected chi connectivity index (χ3v) is 4.38. The Hall–Kier alpha value is -3.19. The molecule has 0 saturated carbocycles. The number of carbonyl (C=O) groups excluding carboxylic acids is 1. The summed E-state index contributed by atoms with van der Waals surface area (Å²) in [7, 11) is 0. The van der Waals surface area contributed by atoms with Crippen LogP contribution in [-0.2, 0) is 0 Å². The van der Waals surface area contributed by atoms with Crippen molar-refractivity contribution in [2.24, 2.45) is 0 Å². The number of hydrogen-bond donors (Lipinski definition) is 2. The Morgan fingerprint density at radius 2 is 1.86 bits per heavy atom. The number of aromatic nitrogens is 2. The summed E-state index contributed by atoms with van der Waals surface area (Å²) in [5, 5.41) is 4.75. The highest BCUT2D eigenvalue weighted by Crippen LogP contribution is 2.19. The minimum Gasteiger partial charge on any atom is -0.308 e. The Morgan fingerprint density at radius 3 is 2.50 bits per heavy atom. The zero-order chi connectivity index (χ0) is 20.3. The van der Waals surface area contributed by atoms with E-state index in [0.717, 1.165) is 11.6 Å². The lowest BCUT2D eigenvalue weighted by Crippen LogP contribution is -2.28. The highest BCUT2D eigenvalue weighted by molar-refractivity contribution is 6.31. The first-order valence-electron chi connectivity index (χ1n) is 8.56. The van der Waals surface area contributed by atoms with Gasteiger partial charge in [-0.2, -0.15) is 0 Å². The van der Waals surface area contributed by atoms with Gasteiger partial charge in [0.2, 0.25) is 5.82 Å². The lowest BCUT2D eigenvalue weighted by atomic mass is 10.0. The van der Waals surface area contributed by atoms with Crippen LogP contribution < -0.4 is 16.2 Å². The summed E-state index contributed by atoms with van der Waals surface area (Å²) in [6.45, 7) is 4.17. The Morgan fingerprint density at radius 1 is 1.14 bits per heavy atom. The number of rotatable bonds is 4. The molecule has 144 valence electrons. The largest absolute Gasteiger partial charge is 0.325 e. The molecule has 0 atom stereocenters. The van der Waals surface area contributed by atoms with E-state index in [1.807, 2.05) is 24.3 Å². The van der Waals surface area contributed by atoms with Gasteiger partial charge in [0.15, 0.2) is 0 Å². The van der Waals surface area contributed by atoms with Gasteiger partial charge in [0.1, 0.15) is 5.82 Å². The van der Waals surface area contributed by atoms with Crippen molar-refractivity contribution in [1.29, 1.82) is 0 Å². The van der Waals surface area contributed by atoms with E-state index >= 15 is 0 Å². The number of amides is 2. The van der Waals surface area contributed by atoms with Gasteiger partial charge in [0.05, 0.1) is 5.02 Å². The first-order chi connectivity index (χ1) is 13.3. The molecule has 28 heavy (non-hydrogen) atoms. The maximum absolute atomic E-state index is 13.2. The van der Waals surface area contributed by atoms with E-state index in [2.05, 4.69) is 29.5 Å². The monoisotopic (exact) mass is 400 g/mol. The van der Waals surface area contributed by atoms with Crippen LogP contribution >= 0.6 is 11.6 Å². The molecular formula is C20H18ClFN4O2. The zero-order valence-electron chi connectivity index (χ0n) is 15.2. The van der Waals surface area contributed by atoms with Gasteiger partial charge in [-0.15, -0.1) is 0 Å². The molecule has 0 spiro atoms. The van der Waals surface area contributed by atoms with E-state index in [-0.39, 0.29) is 16.5 Å². The molecule has 8 heteroatoms. The average Bonchev–Trinajstić information content (AvgIpc) is 2.66. The first kappa shape index (κ1) is 19.6. The molecule has 1 aromatic heterocycles. The van der Waals surface area contributed by atoms with Gasteiger partial charge >= 0.3 is 6.03 Å². The number of urea groups is 1. The van der Waals surface area contributed by atoms with Crippen molar-refractivity contribution in [3.05, 3.63) is 81.6 Å². The van der Waals surface area contributed by atoms with Gasteiger partial charge in [-0.05, 0) is 41.8 Å². The number of nitrogens with one attached hydrogen (secondary N) is 2. The van der Waals surface area contributed by atoms with Gasteiger partial charge in [-0.25, -0.2) is 14.2 Å². The lowest BCUT2D eigenvalue weighted by molar-refractivity contribution is 0.262. The Labute approximate surface area is 166 Å². The van der Waals surface area contributed by atoms with Crippen molar-refractivity contribution in [1.82, 2.24) is 9.55 Å².